The summed E-state index contributed by atoms with van der Waals surface area (Å²) in [5.41, 5.74) is 0.683. The highest BCUT2D eigenvalue weighted by Crippen LogP contribution is 2.30. The molecule has 0 bridgehead atoms. The third-order valence-corrected chi connectivity index (χ3v) is 2.43. The first-order valence-electron chi connectivity index (χ1n) is 5.39. The Morgan fingerprint density at radius 3 is 2.47 bits per heavy atom. The van der Waals surface area contributed by atoms with Gasteiger partial charge in [0.25, 0.3) is 0 Å². The van der Waals surface area contributed by atoms with Crippen molar-refractivity contribution in [2.24, 2.45) is 5.92 Å². The molecule has 5 nitrogen and oxygen atoms in total. The van der Waals surface area contributed by atoms with Crippen molar-refractivity contribution in [3.8, 4) is 5.75 Å². The number of carbonyl (C=O) groups is 2. The van der Waals surface area contributed by atoms with Gasteiger partial charge in [0.1, 0.15) is 12.4 Å². The molecular weight excluding hydrogens is 222 g/mol. The van der Waals surface area contributed by atoms with Crippen LogP contribution in [0.3, 0.4) is 0 Å². The topological polar surface area (TPSA) is 78.5 Å². The van der Waals surface area contributed by atoms with Crippen molar-refractivity contribution < 1.29 is 19.4 Å². The molecule has 90 valence electrons. The number of carboxylic acids is 1. The molecule has 1 amide bonds. The summed E-state index contributed by atoms with van der Waals surface area (Å²) in [6, 6.07) is 6.55. The number of hydrogen-bond donors (Lipinski definition) is 1. The van der Waals surface area contributed by atoms with Gasteiger partial charge in [0, 0.05) is 11.6 Å². The van der Waals surface area contributed by atoms with Gasteiger partial charge in [0.15, 0.2) is 0 Å². The number of hydrogen-bond acceptors (Lipinski definition) is 4. The molecule has 1 aromatic rings. The lowest BCUT2D eigenvalue weighted by atomic mass is 10.3. The predicted molar refractivity (Wildman–Crippen MR) is 58.3 cm³/mol. The van der Waals surface area contributed by atoms with E-state index in [1.807, 2.05) is 0 Å². The molecule has 1 fully saturated rings. The maximum Gasteiger partial charge on any atom is 0.227 e. The number of benzene rings is 1. The minimum Gasteiger partial charge on any atom is -0.546 e. The minimum absolute atomic E-state index is 0.0356. The summed E-state index contributed by atoms with van der Waals surface area (Å²) in [4.78, 5) is 21.6. The van der Waals surface area contributed by atoms with Crippen LogP contribution in [-0.2, 0) is 9.59 Å². The number of carbonyl (C=O) groups excluding carboxylic acids is 2. The Morgan fingerprint density at radius 2 is 1.94 bits per heavy atom. The van der Waals surface area contributed by atoms with Gasteiger partial charge in [-0.3, -0.25) is 4.79 Å². The number of carboxylic acid groups (broad SMARTS) is 1. The van der Waals surface area contributed by atoms with E-state index in [9.17, 15) is 14.7 Å². The van der Waals surface area contributed by atoms with Crippen LogP contribution in [0, 0.1) is 5.92 Å². The third kappa shape index (κ3) is 3.48. The second-order valence-corrected chi connectivity index (χ2v) is 3.95. The van der Waals surface area contributed by atoms with Gasteiger partial charge in [-0.25, -0.2) is 0 Å². The Balaban J connectivity index is 1.88. The summed E-state index contributed by atoms with van der Waals surface area (Å²) in [5, 5.41) is 12.9. The van der Waals surface area contributed by atoms with Crippen LogP contribution in [-0.4, -0.2) is 18.5 Å². The molecule has 1 N–H and O–H groups in total. The molecule has 1 aliphatic carbocycles. The van der Waals surface area contributed by atoms with Gasteiger partial charge < -0.3 is 20.0 Å². The van der Waals surface area contributed by atoms with Gasteiger partial charge in [-0.2, -0.15) is 0 Å². The minimum atomic E-state index is -1.27. The number of anilines is 1. The van der Waals surface area contributed by atoms with E-state index in [1.165, 1.54) is 0 Å². The fraction of sp³-hybridized carbons (Fsp3) is 0.333. The first-order chi connectivity index (χ1) is 8.15. The van der Waals surface area contributed by atoms with Crippen LogP contribution < -0.4 is 15.2 Å². The smallest absolute Gasteiger partial charge is 0.227 e. The van der Waals surface area contributed by atoms with Crippen molar-refractivity contribution in [3.05, 3.63) is 24.3 Å². The Kier molecular flexibility index (Phi) is 3.27. The van der Waals surface area contributed by atoms with E-state index in [0.29, 0.717) is 11.4 Å². The molecule has 1 saturated carbocycles. The Bertz CT molecular complexity index is 423. The van der Waals surface area contributed by atoms with Crippen molar-refractivity contribution in [1.82, 2.24) is 0 Å². The largest absolute Gasteiger partial charge is 0.546 e. The van der Waals surface area contributed by atoms with Gasteiger partial charge in [-0.1, -0.05) is 0 Å². The highest BCUT2D eigenvalue weighted by molar-refractivity contribution is 5.94. The highest BCUT2D eigenvalue weighted by Gasteiger charge is 2.29. The van der Waals surface area contributed by atoms with Crippen molar-refractivity contribution in [2.75, 3.05) is 11.9 Å². The summed E-state index contributed by atoms with van der Waals surface area (Å²) in [7, 11) is 0. The molecule has 0 aromatic heterocycles. The summed E-state index contributed by atoms with van der Waals surface area (Å²) < 4.78 is 4.91. The van der Waals surface area contributed by atoms with E-state index in [2.05, 4.69) is 5.32 Å². The number of rotatable bonds is 5. The van der Waals surface area contributed by atoms with Crippen LogP contribution in [0.5, 0.6) is 5.75 Å². The molecule has 5 heteroatoms. The lowest BCUT2D eigenvalue weighted by molar-refractivity contribution is -0.307. The fourth-order valence-corrected chi connectivity index (χ4v) is 1.37. The monoisotopic (exact) mass is 234 g/mol. The number of amides is 1. The number of nitrogens with one attached hydrogen (secondary N) is 1. The first kappa shape index (κ1) is 11.4. The van der Waals surface area contributed by atoms with Crippen molar-refractivity contribution >= 4 is 17.6 Å². The van der Waals surface area contributed by atoms with Crippen LogP contribution in [0.2, 0.25) is 0 Å². The zero-order valence-corrected chi connectivity index (χ0v) is 9.14. The molecule has 1 aromatic carbocycles. The van der Waals surface area contributed by atoms with Gasteiger partial charge >= 0.3 is 0 Å². The van der Waals surface area contributed by atoms with E-state index < -0.39 is 12.6 Å². The zero-order chi connectivity index (χ0) is 12.3. The Hall–Kier alpha value is -2.04. The summed E-state index contributed by atoms with van der Waals surface area (Å²) in [5.74, 6) is -0.646. The SMILES string of the molecule is O=C([O-])COc1ccc(NC(=O)C2CC2)cc1. The molecule has 0 aliphatic heterocycles. The first-order valence-corrected chi connectivity index (χ1v) is 5.39. The lowest BCUT2D eigenvalue weighted by Gasteiger charge is -2.08. The van der Waals surface area contributed by atoms with Gasteiger partial charge in [-0.15, -0.1) is 0 Å². The van der Waals surface area contributed by atoms with Gasteiger partial charge in [-0.05, 0) is 37.1 Å². The predicted octanol–water partition coefficient (Wildman–Crippen LogP) is 0.164. The molecule has 0 saturated heterocycles. The van der Waals surface area contributed by atoms with E-state index in [1.54, 1.807) is 24.3 Å². The van der Waals surface area contributed by atoms with E-state index in [0.717, 1.165) is 12.8 Å². The average Bonchev–Trinajstić information content (AvgIpc) is 3.12. The molecule has 0 unspecified atom stereocenters. The third-order valence-electron chi connectivity index (χ3n) is 2.43. The molecule has 2 rings (SSSR count). The molecule has 0 heterocycles. The lowest BCUT2D eigenvalue weighted by Crippen LogP contribution is -2.28. The van der Waals surface area contributed by atoms with Crippen LogP contribution in [0.1, 0.15) is 12.8 Å². The van der Waals surface area contributed by atoms with Gasteiger partial charge in [0.2, 0.25) is 5.91 Å². The summed E-state index contributed by atoms with van der Waals surface area (Å²) in [6.07, 6.45) is 1.91. The van der Waals surface area contributed by atoms with Crippen molar-refractivity contribution in [2.45, 2.75) is 12.8 Å². The van der Waals surface area contributed by atoms with Crippen LogP contribution in [0.15, 0.2) is 24.3 Å². The van der Waals surface area contributed by atoms with Crippen LogP contribution in [0.4, 0.5) is 5.69 Å². The standard InChI is InChI=1S/C12H13NO4/c14-11(15)7-17-10-5-3-9(4-6-10)13-12(16)8-1-2-8/h3-6,8H,1-2,7H2,(H,13,16)(H,14,15)/p-1. The number of ether oxygens (including phenoxy) is 1. The second kappa shape index (κ2) is 4.86. The Morgan fingerprint density at radius 1 is 1.29 bits per heavy atom. The second-order valence-electron chi connectivity index (χ2n) is 3.95. The summed E-state index contributed by atoms with van der Waals surface area (Å²) >= 11 is 0. The highest BCUT2D eigenvalue weighted by atomic mass is 16.5. The molecule has 0 atom stereocenters. The fourth-order valence-electron chi connectivity index (χ4n) is 1.37. The van der Waals surface area contributed by atoms with E-state index >= 15 is 0 Å². The molecule has 0 spiro atoms. The quantitative estimate of drug-likeness (QED) is 0.787. The zero-order valence-electron chi connectivity index (χ0n) is 9.14. The van der Waals surface area contributed by atoms with Crippen molar-refractivity contribution in [1.29, 1.82) is 0 Å². The molecule has 17 heavy (non-hydrogen) atoms. The van der Waals surface area contributed by atoms with Crippen molar-refractivity contribution in [3.63, 3.8) is 0 Å². The summed E-state index contributed by atoms with van der Waals surface area (Å²) in [6.45, 7) is -0.478. The maximum absolute atomic E-state index is 11.4. The van der Waals surface area contributed by atoms with Gasteiger partial charge in [0.05, 0.1) is 5.97 Å². The van der Waals surface area contributed by atoms with E-state index in [4.69, 9.17) is 4.74 Å². The Labute approximate surface area is 98.4 Å². The molecule has 1 aliphatic rings. The van der Waals surface area contributed by atoms with Crippen LogP contribution >= 0.6 is 0 Å². The van der Waals surface area contributed by atoms with E-state index in [-0.39, 0.29) is 11.8 Å². The number of aliphatic carboxylic acids is 1. The molecular formula is C12H12NO4-. The molecule has 0 radical (unpaired) electrons. The van der Waals surface area contributed by atoms with Crippen LogP contribution in [0.25, 0.3) is 0 Å². The maximum atomic E-state index is 11.4. The normalized spacial score (nSPS) is 14.1. The average molecular weight is 234 g/mol.